The first-order valence-corrected chi connectivity index (χ1v) is 10.8. The van der Waals surface area contributed by atoms with Crippen molar-refractivity contribution < 1.29 is 27.8 Å². The molecule has 3 aromatic rings. The van der Waals surface area contributed by atoms with Crippen LogP contribution in [0.15, 0.2) is 84.9 Å². The molecule has 0 aliphatic carbocycles. The lowest BCUT2D eigenvalue weighted by atomic mass is 9.81. The Kier molecular flexibility index (Phi) is 7.02. The number of morpholine rings is 1. The minimum atomic E-state index is -4.82. The highest BCUT2D eigenvalue weighted by atomic mass is 19.4. The summed E-state index contributed by atoms with van der Waals surface area (Å²) in [5, 5.41) is 12.0. The summed E-state index contributed by atoms with van der Waals surface area (Å²) in [6.45, 7) is 2.24. The lowest BCUT2D eigenvalue weighted by Gasteiger charge is -2.42. The van der Waals surface area contributed by atoms with E-state index in [1.165, 1.54) is 12.1 Å². The van der Waals surface area contributed by atoms with Gasteiger partial charge in [0.1, 0.15) is 17.5 Å². The Bertz CT molecular complexity index is 1030. The third-order valence-corrected chi connectivity index (χ3v) is 5.86. The first-order valence-electron chi connectivity index (χ1n) is 10.8. The largest absolute Gasteiger partial charge is 0.573 e. The Morgan fingerprint density at radius 3 is 2.24 bits per heavy atom. The quantitative estimate of drug-likeness (QED) is 0.547. The SMILES string of the molecule is O[C@](Cc1ccccc1OC(F)(F)F)(c1ccccc1)[C@H]1CN(Cc2ccccc2)CCO1. The molecule has 1 saturated heterocycles. The molecular weight excluding hydrogens is 431 g/mol. The average molecular weight is 457 g/mol. The van der Waals surface area contributed by atoms with Gasteiger partial charge in [-0.25, -0.2) is 0 Å². The fourth-order valence-corrected chi connectivity index (χ4v) is 4.27. The average Bonchev–Trinajstić information content (AvgIpc) is 2.81. The Balaban J connectivity index is 1.63. The lowest BCUT2D eigenvalue weighted by Crippen LogP contribution is -2.53. The predicted molar refractivity (Wildman–Crippen MR) is 119 cm³/mol. The minimum Gasteiger partial charge on any atom is -0.406 e. The molecule has 1 heterocycles. The standard InChI is InChI=1S/C26H26F3NO3/c27-26(28,29)33-23-14-8-7-11-21(23)17-25(31,22-12-5-2-6-13-22)24-19-30(15-16-32-24)18-20-9-3-1-4-10-20/h1-14,24,31H,15-19H2/t24-,25-/m1/s1. The van der Waals surface area contributed by atoms with Crippen molar-refractivity contribution in [3.63, 3.8) is 0 Å². The van der Waals surface area contributed by atoms with Crippen LogP contribution < -0.4 is 4.74 Å². The maximum atomic E-state index is 13.0. The van der Waals surface area contributed by atoms with Crippen molar-refractivity contribution in [1.82, 2.24) is 4.90 Å². The van der Waals surface area contributed by atoms with Crippen molar-refractivity contribution in [3.8, 4) is 5.75 Å². The highest BCUT2D eigenvalue weighted by molar-refractivity contribution is 5.37. The van der Waals surface area contributed by atoms with Gasteiger partial charge in [-0.2, -0.15) is 0 Å². The van der Waals surface area contributed by atoms with E-state index in [9.17, 15) is 18.3 Å². The van der Waals surface area contributed by atoms with Crippen LogP contribution in [-0.2, 0) is 23.3 Å². The summed E-state index contributed by atoms with van der Waals surface area (Å²) in [5.41, 5.74) is 0.426. The van der Waals surface area contributed by atoms with Crippen molar-refractivity contribution in [2.24, 2.45) is 0 Å². The van der Waals surface area contributed by atoms with Crippen LogP contribution in [0.25, 0.3) is 0 Å². The number of alkyl halides is 3. The molecule has 4 nitrogen and oxygen atoms in total. The number of hydrogen-bond donors (Lipinski definition) is 1. The van der Waals surface area contributed by atoms with Gasteiger partial charge in [0.25, 0.3) is 0 Å². The zero-order valence-electron chi connectivity index (χ0n) is 18.0. The molecule has 1 aliphatic heterocycles. The number of benzene rings is 3. The van der Waals surface area contributed by atoms with E-state index in [1.54, 1.807) is 36.4 Å². The maximum Gasteiger partial charge on any atom is 0.573 e. The van der Waals surface area contributed by atoms with Crippen LogP contribution in [0.2, 0.25) is 0 Å². The topological polar surface area (TPSA) is 41.9 Å². The van der Waals surface area contributed by atoms with Gasteiger partial charge in [-0.1, -0.05) is 78.9 Å². The molecule has 33 heavy (non-hydrogen) atoms. The number of aliphatic hydroxyl groups is 1. The number of nitrogens with zero attached hydrogens (tertiary/aromatic N) is 1. The molecule has 4 rings (SSSR count). The second-order valence-corrected chi connectivity index (χ2v) is 8.20. The van der Waals surface area contributed by atoms with Crippen LogP contribution in [0.5, 0.6) is 5.75 Å². The molecular formula is C26H26F3NO3. The molecule has 0 radical (unpaired) electrons. The Morgan fingerprint density at radius 2 is 1.55 bits per heavy atom. The summed E-state index contributed by atoms with van der Waals surface area (Å²) in [5.74, 6) is -0.323. The molecule has 1 fully saturated rings. The summed E-state index contributed by atoms with van der Waals surface area (Å²) in [6, 6.07) is 24.9. The Hall–Kier alpha value is -2.87. The summed E-state index contributed by atoms with van der Waals surface area (Å²) >= 11 is 0. The monoisotopic (exact) mass is 457 g/mol. The van der Waals surface area contributed by atoms with Gasteiger partial charge >= 0.3 is 6.36 Å². The molecule has 0 aromatic heterocycles. The second-order valence-electron chi connectivity index (χ2n) is 8.20. The fourth-order valence-electron chi connectivity index (χ4n) is 4.27. The number of ether oxygens (including phenoxy) is 2. The van der Waals surface area contributed by atoms with Gasteiger partial charge in [0.15, 0.2) is 0 Å². The zero-order valence-corrected chi connectivity index (χ0v) is 18.0. The lowest BCUT2D eigenvalue weighted by molar-refractivity contribution is -0.275. The van der Waals surface area contributed by atoms with E-state index in [0.29, 0.717) is 31.8 Å². The first kappa shape index (κ1) is 23.3. The fraction of sp³-hybridized carbons (Fsp3) is 0.308. The van der Waals surface area contributed by atoms with Crippen molar-refractivity contribution >= 4 is 0 Å². The summed E-state index contributed by atoms with van der Waals surface area (Å²) < 4.78 is 49.2. The number of rotatable bonds is 7. The van der Waals surface area contributed by atoms with E-state index in [4.69, 9.17) is 4.74 Å². The summed E-state index contributed by atoms with van der Waals surface area (Å²) in [6.07, 6.45) is -5.56. The van der Waals surface area contributed by atoms with E-state index in [2.05, 4.69) is 9.64 Å². The predicted octanol–water partition coefficient (Wildman–Crippen LogP) is 4.92. The Labute approximate surface area is 191 Å². The van der Waals surface area contributed by atoms with Gasteiger partial charge in [-0.15, -0.1) is 13.2 Å². The summed E-state index contributed by atoms with van der Waals surface area (Å²) in [7, 11) is 0. The summed E-state index contributed by atoms with van der Waals surface area (Å²) in [4.78, 5) is 2.19. The number of halogens is 3. The van der Waals surface area contributed by atoms with Crippen LogP contribution in [0.3, 0.4) is 0 Å². The van der Waals surface area contributed by atoms with E-state index < -0.39 is 18.1 Å². The third-order valence-electron chi connectivity index (χ3n) is 5.86. The second kappa shape index (κ2) is 9.95. The van der Waals surface area contributed by atoms with Gasteiger partial charge in [0.05, 0.1) is 6.61 Å². The molecule has 3 aromatic carbocycles. The minimum absolute atomic E-state index is 0.0902. The molecule has 1 aliphatic rings. The molecule has 2 atom stereocenters. The van der Waals surface area contributed by atoms with Gasteiger partial charge in [-0.3, -0.25) is 4.90 Å². The smallest absolute Gasteiger partial charge is 0.406 e. The van der Waals surface area contributed by atoms with Gasteiger partial charge in [0.2, 0.25) is 0 Å². The molecule has 0 amide bonds. The molecule has 0 saturated carbocycles. The highest BCUT2D eigenvalue weighted by Gasteiger charge is 2.43. The zero-order chi connectivity index (χ0) is 23.3. The van der Waals surface area contributed by atoms with Crippen molar-refractivity contribution in [1.29, 1.82) is 0 Å². The van der Waals surface area contributed by atoms with E-state index in [1.807, 2.05) is 36.4 Å². The number of hydrogen-bond acceptors (Lipinski definition) is 4. The molecule has 0 unspecified atom stereocenters. The van der Waals surface area contributed by atoms with Gasteiger partial charge in [-0.05, 0) is 22.8 Å². The van der Waals surface area contributed by atoms with Crippen LogP contribution >= 0.6 is 0 Å². The first-order chi connectivity index (χ1) is 15.8. The van der Waals surface area contributed by atoms with E-state index in [-0.39, 0.29) is 17.7 Å². The molecule has 7 heteroatoms. The van der Waals surface area contributed by atoms with Crippen molar-refractivity contribution in [2.45, 2.75) is 31.0 Å². The third kappa shape index (κ3) is 5.93. The number of para-hydroxylation sites is 1. The highest BCUT2D eigenvalue weighted by Crippen LogP contribution is 2.37. The van der Waals surface area contributed by atoms with Crippen LogP contribution in [0.1, 0.15) is 16.7 Å². The van der Waals surface area contributed by atoms with Crippen molar-refractivity contribution in [2.75, 3.05) is 19.7 Å². The normalized spacial score (nSPS) is 19.1. The van der Waals surface area contributed by atoms with Crippen molar-refractivity contribution in [3.05, 3.63) is 102 Å². The van der Waals surface area contributed by atoms with Gasteiger partial charge in [0, 0.05) is 26.1 Å². The molecule has 0 spiro atoms. The maximum absolute atomic E-state index is 13.0. The molecule has 0 bridgehead atoms. The Morgan fingerprint density at radius 1 is 0.909 bits per heavy atom. The molecule has 1 N–H and O–H groups in total. The molecule has 174 valence electrons. The van der Waals surface area contributed by atoms with Crippen LogP contribution in [0, 0.1) is 0 Å². The van der Waals surface area contributed by atoms with Crippen LogP contribution in [0.4, 0.5) is 13.2 Å². The van der Waals surface area contributed by atoms with Gasteiger partial charge < -0.3 is 14.6 Å². The van der Waals surface area contributed by atoms with E-state index in [0.717, 1.165) is 5.56 Å². The van der Waals surface area contributed by atoms with E-state index >= 15 is 0 Å². The van der Waals surface area contributed by atoms with Crippen LogP contribution in [-0.4, -0.2) is 42.2 Å².